The van der Waals surface area contributed by atoms with Crippen LogP contribution in [-0.4, -0.2) is 23.2 Å². The summed E-state index contributed by atoms with van der Waals surface area (Å²) in [6.07, 6.45) is -0.140. The largest absolute Gasteiger partial charge is 0.481 e. The van der Waals surface area contributed by atoms with E-state index in [1.807, 2.05) is 13.0 Å². The molecule has 3 N–H and O–H groups in total. The Morgan fingerprint density at radius 2 is 2.33 bits per heavy atom. The fourth-order valence-corrected chi connectivity index (χ4v) is 1.23. The van der Waals surface area contributed by atoms with Crippen molar-refractivity contribution in [2.24, 2.45) is 5.73 Å². The fourth-order valence-electron chi connectivity index (χ4n) is 1.23. The van der Waals surface area contributed by atoms with Gasteiger partial charge in [0, 0.05) is 5.56 Å². The highest BCUT2D eigenvalue weighted by atomic mass is 16.5. The number of ether oxygens (including phenoxy) is 1. The number of carboxylic acid groups (broad SMARTS) is 1. The highest BCUT2D eigenvalue weighted by Gasteiger charge is 2.13. The van der Waals surface area contributed by atoms with E-state index in [0.29, 0.717) is 11.6 Å². The van der Waals surface area contributed by atoms with Crippen LogP contribution in [0.25, 0.3) is 0 Å². The number of carboxylic acids is 1. The number of aromatic nitrogens is 1. The van der Waals surface area contributed by atoms with Gasteiger partial charge in [0.25, 0.3) is 0 Å². The van der Waals surface area contributed by atoms with Crippen LogP contribution < -0.4 is 10.5 Å². The van der Waals surface area contributed by atoms with Gasteiger partial charge in [0.1, 0.15) is 0 Å². The van der Waals surface area contributed by atoms with Gasteiger partial charge in [-0.05, 0) is 13.0 Å². The van der Waals surface area contributed by atoms with E-state index in [2.05, 4.69) is 4.98 Å². The van der Waals surface area contributed by atoms with Gasteiger partial charge < -0.3 is 15.6 Å². The van der Waals surface area contributed by atoms with E-state index in [4.69, 9.17) is 15.6 Å². The number of hydrogen-bond donors (Lipinski definition) is 2. The first-order valence-corrected chi connectivity index (χ1v) is 4.53. The SMILES string of the molecule is COc1nc(C(N)CC(=O)O)ccc1C. The lowest BCUT2D eigenvalue weighted by Crippen LogP contribution is -2.16. The summed E-state index contributed by atoms with van der Waals surface area (Å²) in [6, 6.07) is 2.92. The molecule has 0 radical (unpaired) electrons. The maximum absolute atomic E-state index is 10.5. The van der Waals surface area contributed by atoms with Crippen molar-refractivity contribution in [3.05, 3.63) is 23.4 Å². The van der Waals surface area contributed by atoms with Crippen LogP contribution in [-0.2, 0) is 4.79 Å². The lowest BCUT2D eigenvalue weighted by atomic mass is 10.1. The van der Waals surface area contributed by atoms with E-state index in [9.17, 15) is 4.79 Å². The monoisotopic (exact) mass is 210 g/mol. The minimum atomic E-state index is -0.941. The summed E-state index contributed by atoms with van der Waals surface area (Å²) >= 11 is 0. The van der Waals surface area contributed by atoms with Gasteiger partial charge in [-0.15, -0.1) is 0 Å². The first kappa shape index (κ1) is 11.5. The molecule has 0 spiro atoms. The number of hydrogen-bond acceptors (Lipinski definition) is 4. The molecule has 82 valence electrons. The van der Waals surface area contributed by atoms with Crippen LogP contribution in [0.4, 0.5) is 0 Å². The zero-order chi connectivity index (χ0) is 11.4. The van der Waals surface area contributed by atoms with E-state index in [1.54, 1.807) is 6.07 Å². The summed E-state index contributed by atoms with van der Waals surface area (Å²) in [6.45, 7) is 1.86. The second-order valence-electron chi connectivity index (χ2n) is 3.27. The zero-order valence-corrected chi connectivity index (χ0v) is 8.73. The molecule has 15 heavy (non-hydrogen) atoms. The Morgan fingerprint density at radius 1 is 1.67 bits per heavy atom. The third kappa shape index (κ3) is 2.92. The molecule has 0 fully saturated rings. The number of nitrogens with zero attached hydrogens (tertiary/aromatic N) is 1. The highest BCUT2D eigenvalue weighted by Crippen LogP contribution is 2.19. The molecule has 1 aromatic rings. The molecule has 0 bridgehead atoms. The molecule has 1 aromatic heterocycles. The van der Waals surface area contributed by atoms with Crippen molar-refractivity contribution in [1.82, 2.24) is 4.98 Å². The molecule has 1 heterocycles. The van der Waals surface area contributed by atoms with Crippen LogP contribution in [0.3, 0.4) is 0 Å². The number of carbonyl (C=O) groups is 1. The smallest absolute Gasteiger partial charge is 0.305 e. The molecule has 0 saturated carbocycles. The van der Waals surface area contributed by atoms with Gasteiger partial charge in [-0.1, -0.05) is 6.07 Å². The van der Waals surface area contributed by atoms with E-state index >= 15 is 0 Å². The van der Waals surface area contributed by atoms with Gasteiger partial charge in [0.2, 0.25) is 5.88 Å². The molecule has 0 saturated heterocycles. The van der Waals surface area contributed by atoms with Crippen LogP contribution in [0.15, 0.2) is 12.1 Å². The van der Waals surface area contributed by atoms with Gasteiger partial charge in [0.05, 0.1) is 25.3 Å². The molecule has 0 aromatic carbocycles. The van der Waals surface area contributed by atoms with E-state index in [1.165, 1.54) is 7.11 Å². The lowest BCUT2D eigenvalue weighted by molar-refractivity contribution is -0.137. The summed E-state index contributed by atoms with van der Waals surface area (Å²) in [5.41, 5.74) is 7.09. The van der Waals surface area contributed by atoms with Crippen LogP contribution in [0, 0.1) is 6.92 Å². The number of aliphatic carboxylic acids is 1. The quantitative estimate of drug-likeness (QED) is 0.770. The van der Waals surface area contributed by atoms with E-state index in [-0.39, 0.29) is 6.42 Å². The van der Waals surface area contributed by atoms with Crippen LogP contribution in [0.2, 0.25) is 0 Å². The van der Waals surface area contributed by atoms with Gasteiger partial charge in [0.15, 0.2) is 0 Å². The standard InChI is InChI=1S/C10H14N2O3/c1-6-3-4-8(12-10(6)15-2)7(11)5-9(13)14/h3-4,7H,5,11H2,1-2H3,(H,13,14). The Morgan fingerprint density at radius 3 is 2.87 bits per heavy atom. The second-order valence-corrected chi connectivity index (χ2v) is 3.27. The summed E-state index contributed by atoms with van der Waals surface area (Å²) in [4.78, 5) is 14.6. The Balaban J connectivity index is 2.90. The van der Waals surface area contributed by atoms with Crippen LogP contribution in [0.1, 0.15) is 23.7 Å². The highest BCUT2D eigenvalue weighted by molar-refractivity contribution is 5.67. The number of aryl methyl sites for hydroxylation is 1. The maximum Gasteiger partial charge on any atom is 0.305 e. The van der Waals surface area contributed by atoms with E-state index in [0.717, 1.165) is 5.56 Å². The van der Waals surface area contributed by atoms with Gasteiger partial charge >= 0.3 is 5.97 Å². The first-order chi connectivity index (χ1) is 7.04. The van der Waals surface area contributed by atoms with Crippen molar-refractivity contribution in [3.8, 4) is 5.88 Å². The topological polar surface area (TPSA) is 85.4 Å². The van der Waals surface area contributed by atoms with Gasteiger partial charge in [-0.25, -0.2) is 4.98 Å². The third-order valence-electron chi connectivity index (χ3n) is 2.04. The van der Waals surface area contributed by atoms with E-state index < -0.39 is 12.0 Å². The van der Waals surface area contributed by atoms with Crippen molar-refractivity contribution < 1.29 is 14.6 Å². The molecule has 0 aliphatic heterocycles. The van der Waals surface area contributed by atoms with Crippen molar-refractivity contribution >= 4 is 5.97 Å². The van der Waals surface area contributed by atoms with Crippen LogP contribution >= 0.6 is 0 Å². The Kier molecular flexibility index (Phi) is 3.62. The molecule has 5 nitrogen and oxygen atoms in total. The Hall–Kier alpha value is -1.62. The molecule has 1 unspecified atom stereocenters. The molecular formula is C10H14N2O3. The average Bonchev–Trinajstić information content (AvgIpc) is 2.17. The molecule has 1 atom stereocenters. The Labute approximate surface area is 87.9 Å². The normalized spacial score (nSPS) is 12.2. The second kappa shape index (κ2) is 4.75. The van der Waals surface area contributed by atoms with Gasteiger partial charge in [-0.3, -0.25) is 4.79 Å². The lowest BCUT2D eigenvalue weighted by Gasteiger charge is -2.10. The maximum atomic E-state index is 10.5. The summed E-state index contributed by atoms with van der Waals surface area (Å²) in [5, 5.41) is 8.59. The molecular weight excluding hydrogens is 196 g/mol. The molecule has 1 rings (SSSR count). The third-order valence-corrected chi connectivity index (χ3v) is 2.04. The van der Waals surface area contributed by atoms with Crippen molar-refractivity contribution in [1.29, 1.82) is 0 Å². The number of methoxy groups -OCH3 is 1. The average molecular weight is 210 g/mol. The van der Waals surface area contributed by atoms with Crippen LogP contribution in [0.5, 0.6) is 5.88 Å². The minimum absolute atomic E-state index is 0.140. The number of rotatable bonds is 4. The predicted molar refractivity (Wildman–Crippen MR) is 54.7 cm³/mol. The number of nitrogens with two attached hydrogens (primary N) is 1. The molecule has 0 amide bonds. The van der Waals surface area contributed by atoms with Gasteiger partial charge in [-0.2, -0.15) is 0 Å². The number of pyridine rings is 1. The summed E-state index contributed by atoms with van der Waals surface area (Å²) < 4.78 is 5.03. The molecule has 5 heteroatoms. The summed E-state index contributed by atoms with van der Waals surface area (Å²) in [5.74, 6) is -0.461. The minimum Gasteiger partial charge on any atom is -0.481 e. The Bertz CT molecular complexity index is 366. The molecule has 0 aliphatic rings. The van der Waals surface area contributed by atoms with Crippen molar-refractivity contribution in [3.63, 3.8) is 0 Å². The van der Waals surface area contributed by atoms with Crippen molar-refractivity contribution in [2.45, 2.75) is 19.4 Å². The zero-order valence-electron chi connectivity index (χ0n) is 8.73. The van der Waals surface area contributed by atoms with Crippen molar-refractivity contribution in [2.75, 3.05) is 7.11 Å². The molecule has 0 aliphatic carbocycles. The summed E-state index contributed by atoms with van der Waals surface area (Å²) in [7, 11) is 1.52. The fraction of sp³-hybridized carbons (Fsp3) is 0.400. The predicted octanol–water partition coefficient (Wildman–Crippen LogP) is 0.873. The first-order valence-electron chi connectivity index (χ1n) is 4.53.